The molecular formula is C25H36ClN7O. The number of urea groups is 1. The second-order valence-corrected chi connectivity index (χ2v) is 10.9. The summed E-state index contributed by atoms with van der Waals surface area (Å²) in [6.07, 6.45) is 15.2. The molecule has 2 aliphatic heterocycles. The van der Waals surface area contributed by atoms with Gasteiger partial charge in [0.15, 0.2) is 10.8 Å². The summed E-state index contributed by atoms with van der Waals surface area (Å²) in [6, 6.07) is 3.16. The summed E-state index contributed by atoms with van der Waals surface area (Å²) in [5.41, 5.74) is 0.0683. The van der Waals surface area contributed by atoms with Crippen molar-refractivity contribution in [2.45, 2.75) is 102 Å². The van der Waals surface area contributed by atoms with E-state index in [9.17, 15) is 10.1 Å². The van der Waals surface area contributed by atoms with Gasteiger partial charge in [-0.2, -0.15) is 10.2 Å². The van der Waals surface area contributed by atoms with Crippen LogP contribution in [0.15, 0.2) is 0 Å². The lowest BCUT2D eigenvalue weighted by atomic mass is 9.86. The van der Waals surface area contributed by atoms with Gasteiger partial charge in [0.2, 0.25) is 5.95 Å². The molecule has 2 saturated carbocycles. The zero-order chi connectivity index (χ0) is 23.5. The van der Waals surface area contributed by atoms with E-state index in [-0.39, 0.29) is 29.0 Å². The second kappa shape index (κ2) is 10.6. The van der Waals surface area contributed by atoms with E-state index in [1.165, 1.54) is 51.4 Å². The van der Waals surface area contributed by atoms with Crippen LogP contribution >= 0.6 is 11.6 Å². The molecular weight excluding hydrogens is 450 g/mol. The normalized spacial score (nSPS) is 27.6. The average molecular weight is 486 g/mol. The molecule has 5 rings (SSSR count). The van der Waals surface area contributed by atoms with Crippen LogP contribution in [0.2, 0.25) is 5.15 Å². The van der Waals surface area contributed by atoms with Gasteiger partial charge in [-0.25, -0.2) is 4.79 Å². The van der Waals surface area contributed by atoms with Crippen molar-refractivity contribution in [2.24, 2.45) is 5.92 Å². The Kier molecular flexibility index (Phi) is 7.38. The van der Waals surface area contributed by atoms with Gasteiger partial charge >= 0.3 is 6.03 Å². The fourth-order valence-corrected chi connectivity index (χ4v) is 6.97. The first-order valence-electron chi connectivity index (χ1n) is 13.3. The Balaban J connectivity index is 1.39. The van der Waals surface area contributed by atoms with Gasteiger partial charge in [0.05, 0.1) is 0 Å². The summed E-state index contributed by atoms with van der Waals surface area (Å²) in [5.74, 6) is 1.07. The standard InChI is InChI=1S/C25H36ClN7O/c26-23-21(17-27)29-30-24(28-23)33-13-7-12-20(16-22(33)18-8-3-1-2-4-9-18)32-15-14-31(25(32)34)19-10-5-6-11-19/h18-20,22H,1-16H2. The smallest absolute Gasteiger partial charge is 0.320 e. The summed E-state index contributed by atoms with van der Waals surface area (Å²) >= 11 is 6.26. The highest BCUT2D eigenvalue weighted by Gasteiger charge is 2.42. The number of hydrogen-bond donors (Lipinski definition) is 0. The van der Waals surface area contributed by atoms with Crippen LogP contribution < -0.4 is 4.90 Å². The Hall–Kier alpha value is -2.14. The van der Waals surface area contributed by atoms with Crippen molar-refractivity contribution < 1.29 is 4.79 Å². The van der Waals surface area contributed by atoms with Crippen molar-refractivity contribution in [1.29, 1.82) is 5.26 Å². The Morgan fingerprint density at radius 3 is 2.12 bits per heavy atom. The van der Waals surface area contributed by atoms with Crippen molar-refractivity contribution >= 4 is 23.6 Å². The third-order valence-corrected chi connectivity index (χ3v) is 8.83. The number of carbonyl (C=O) groups excluding carboxylic acids is 1. The Labute approximate surface area is 207 Å². The maximum Gasteiger partial charge on any atom is 0.320 e. The molecule has 0 bridgehead atoms. The summed E-state index contributed by atoms with van der Waals surface area (Å²) in [4.78, 5) is 24.6. The van der Waals surface area contributed by atoms with E-state index in [1.54, 1.807) is 0 Å². The number of rotatable bonds is 4. The summed E-state index contributed by atoms with van der Waals surface area (Å²) < 4.78 is 0. The predicted molar refractivity (Wildman–Crippen MR) is 131 cm³/mol. The van der Waals surface area contributed by atoms with Crippen LogP contribution in [-0.4, -0.2) is 68.8 Å². The maximum atomic E-state index is 13.5. The number of hydrogen-bond acceptors (Lipinski definition) is 6. The molecule has 8 nitrogen and oxygen atoms in total. The molecule has 2 unspecified atom stereocenters. The zero-order valence-corrected chi connectivity index (χ0v) is 20.8. The van der Waals surface area contributed by atoms with Gasteiger partial charge in [0, 0.05) is 37.8 Å². The number of carbonyl (C=O) groups is 1. The van der Waals surface area contributed by atoms with Gasteiger partial charge in [-0.05, 0) is 50.9 Å². The SMILES string of the molecule is N#Cc1nnc(N2CCCC(N3CCN(C4CCCC4)C3=O)CC2C2CCCCCC2)nc1Cl. The molecule has 2 aliphatic carbocycles. The number of aromatic nitrogens is 3. The number of nitrogens with zero attached hydrogens (tertiary/aromatic N) is 7. The highest BCUT2D eigenvalue weighted by atomic mass is 35.5. The van der Waals surface area contributed by atoms with Crippen LogP contribution in [0.1, 0.15) is 89.2 Å². The predicted octanol–water partition coefficient (Wildman–Crippen LogP) is 4.77. The Bertz CT molecular complexity index is 907. The molecule has 9 heteroatoms. The van der Waals surface area contributed by atoms with E-state index in [1.807, 2.05) is 6.07 Å². The molecule has 0 spiro atoms. The van der Waals surface area contributed by atoms with Crippen LogP contribution in [0, 0.1) is 17.2 Å². The molecule has 4 fully saturated rings. The van der Waals surface area contributed by atoms with E-state index < -0.39 is 0 Å². The lowest BCUT2D eigenvalue weighted by Crippen LogP contribution is -2.47. The van der Waals surface area contributed by atoms with E-state index in [0.717, 1.165) is 51.7 Å². The lowest BCUT2D eigenvalue weighted by Gasteiger charge is -2.38. The van der Waals surface area contributed by atoms with Gasteiger partial charge in [0.25, 0.3) is 0 Å². The van der Waals surface area contributed by atoms with Gasteiger partial charge in [-0.3, -0.25) is 0 Å². The minimum Gasteiger partial charge on any atom is -0.336 e. The van der Waals surface area contributed by atoms with Crippen LogP contribution in [0.25, 0.3) is 0 Å². The topological polar surface area (TPSA) is 89.3 Å². The fraction of sp³-hybridized carbons (Fsp3) is 0.800. The van der Waals surface area contributed by atoms with Gasteiger partial charge < -0.3 is 14.7 Å². The molecule has 2 atom stereocenters. The van der Waals surface area contributed by atoms with Crippen molar-refractivity contribution in [3.63, 3.8) is 0 Å². The third kappa shape index (κ3) is 4.82. The van der Waals surface area contributed by atoms with Crippen molar-refractivity contribution in [1.82, 2.24) is 25.0 Å². The van der Waals surface area contributed by atoms with Crippen LogP contribution in [0.3, 0.4) is 0 Å². The van der Waals surface area contributed by atoms with Crippen LogP contribution in [-0.2, 0) is 0 Å². The molecule has 1 aromatic rings. The molecule has 3 heterocycles. The van der Waals surface area contributed by atoms with Crippen molar-refractivity contribution in [3.05, 3.63) is 10.8 Å². The minimum atomic E-state index is 0.0683. The molecule has 0 aromatic carbocycles. The Morgan fingerprint density at radius 1 is 0.794 bits per heavy atom. The highest BCUT2D eigenvalue weighted by molar-refractivity contribution is 6.30. The van der Waals surface area contributed by atoms with E-state index >= 15 is 0 Å². The summed E-state index contributed by atoms with van der Waals surface area (Å²) in [5, 5.41) is 17.7. The number of anilines is 1. The molecule has 2 saturated heterocycles. The van der Waals surface area contributed by atoms with Crippen LogP contribution in [0.4, 0.5) is 10.7 Å². The first kappa shape index (κ1) is 23.6. The van der Waals surface area contributed by atoms with E-state index in [2.05, 4.69) is 29.9 Å². The van der Waals surface area contributed by atoms with Crippen molar-refractivity contribution in [2.75, 3.05) is 24.5 Å². The molecule has 184 valence electrons. The highest BCUT2D eigenvalue weighted by Crippen LogP contribution is 2.37. The summed E-state index contributed by atoms with van der Waals surface area (Å²) in [6.45, 7) is 2.55. The third-order valence-electron chi connectivity index (χ3n) is 8.57. The number of amides is 2. The molecule has 0 N–H and O–H groups in total. The van der Waals surface area contributed by atoms with Crippen LogP contribution in [0.5, 0.6) is 0 Å². The molecule has 2 amide bonds. The maximum absolute atomic E-state index is 13.5. The first-order chi connectivity index (χ1) is 16.7. The zero-order valence-electron chi connectivity index (χ0n) is 20.0. The van der Waals surface area contributed by atoms with Crippen molar-refractivity contribution in [3.8, 4) is 6.07 Å². The molecule has 0 radical (unpaired) electrons. The molecule has 4 aliphatic rings. The van der Waals surface area contributed by atoms with Gasteiger partial charge in [-0.1, -0.05) is 50.1 Å². The van der Waals surface area contributed by atoms with E-state index in [4.69, 9.17) is 11.6 Å². The first-order valence-corrected chi connectivity index (χ1v) is 13.7. The molecule has 34 heavy (non-hydrogen) atoms. The molecule has 1 aromatic heterocycles. The fourth-order valence-electron chi connectivity index (χ4n) is 6.82. The van der Waals surface area contributed by atoms with E-state index in [0.29, 0.717) is 17.9 Å². The number of halogens is 1. The minimum absolute atomic E-state index is 0.0683. The summed E-state index contributed by atoms with van der Waals surface area (Å²) in [7, 11) is 0. The lowest BCUT2D eigenvalue weighted by molar-refractivity contribution is 0.157. The van der Waals surface area contributed by atoms with Gasteiger partial charge in [-0.15, -0.1) is 10.2 Å². The quantitative estimate of drug-likeness (QED) is 0.570. The van der Waals surface area contributed by atoms with Gasteiger partial charge in [0.1, 0.15) is 6.07 Å². The monoisotopic (exact) mass is 485 g/mol. The average Bonchev–Trinajstić information content (AvgIpc) is 3.33. The number of nitriles is 1. The second-order valence-electron chi connectivity index (χ2n) is 10.5. The Morgan fingerprint density at radius 2 is 1.44 bits per heavy atom. The largest absolute Gasteiger partial charge is 0.336 e.